The number of aliphatic hydroxyl groups is 1. The Morgan fingerprint density at radius 1 is 1.32 bits per heavy atom. The smallest absolute Gasteiger partial charge is 0.496 e. The third-order valence-corrected chi connectivity index (χ3v) is 3.39. The second-order valence-corrected chi connectivity index (χ2v) is 4.85. The molecule has 22 heavy (non-hydrogen) atoms. The fourth-order valence-corrected chi connectivity index (χ4v) is 1.95. The number of rotatable bonds is 6. The molecule has 3 N–H and O–H groups in total. The Kier molecular flexibility index (Phi) is 8.00. The van der Waals surface area contributed by atoms with Crippen molar-refractivity contribution in [3.05, 3.63) is 23.8 Å². The van der Waals surface area contributed by atoms with Gasteiger partial charge >= 0.3 is 6.36 Å². The van der Waals surface area contributed by atoms with Gasteiger partial charge in [0.2, 0.25) is 0 Å². The molecule has 0 bridgehead atoms. The average Bonchev–Trinajstić information content (AvgIpc) is 2.43. The lowest BCUT2D eigenvalue weighted by Gasteiger charge is -2.26. The van der Waals surface area contributed by atoms with E-state index in [2.05, 4.69) is 4.74 Å². The Bertz CT molecular complexity index is 471. The van der Waals surface area contributed by atoms with Gasteiger partial charge in [-0.2, -0.15) is 0 Å². The molecule has 8 heteroatoms. The third-order valence-electron chi connectivity index (χ3n) is 3.39. The molecule has 0 saturated carbocycles. The molecule has 1 rings (SSSR count). The number of hydrogen-bond donors (Lipinski definition) is 2. The summed E-state index contributed by atoms with van der Waals surface area (Å²) in [5, 5.41) is 10.1. The summed E-state index contributed by atoms with van der Waals surface area (Å²) in [6.07, 6.45) is -4.99. The molecule has 0 saturated heterocycles. The summed E-state index contributed by atoms with van der Waals surface area (Å²) in [5.74, 6) is -0.193. The zero-order valence-corrected chi connectivity index (χ0v) is 13.4. The van der Waals surface area contributed by atoms with Crippen molar-refractivity contribution in [1.82, 2.24) is 0 Å². The molecular formula is C14H21ClF3NO3. The van der Waals surface area contributed by atoms with Crippen LogP contribution in [0.1, 0.15) is 31.9 Å². The van der Waals surface area contributed by atoms with Crippen LogP contribution in [0.2, 0.25) is 0 Å². The van der Waals surface area contributed by atoms with E-state index in [4.69, 9.17) is 10.5 Å². The SMILES string of the molecule is CCC(C)[C@H](O)[C@H](N)c1cc(OC(F)(F)F)ccc1OC.Cl. The Morgan fingerprint density at radius 2 is 1.91 bits per heavy atom. The predicted octanol–water partition coefficient (Wildman–Crippen LogP) is 3.42. The van der Waals surface area contributed by atoms with Crippen LogP contribution < -0.4 is 15.2 Å². The maximum atomic E-state index is 12.3. The van der Waals surface area contributed by atoms with Crippen molar-refractivity contribution in [3.8, 4) is 11.5 Å². The molecule has 0 aliphatic carbocycles. The third kappa shape index (κ3) is 5.55. The van der Waals surface area contributed by atoms with E-state index in [9.17, 15) is 18.3 Å². The lowest BCUT2D eigenvalue weighted by molar-refractivity contribution is -0.274. The van der Waals surface area contributed by atoms with E-state index >= 15 is 0 Å². The fraction of sp³-hybridized carbons (Fsp3) is 0.571. The molecule has 0 radical (unpaired) electrons. The number of methoxy groups -OCH3 is 1. The molecule has 0 heterocycles. The van der Waals surface area contributed by atoms with Crippen LogP contribution in [0, 0.1) is 5.92 Å². The minimum absolute atomic E-state index is 0. The number of hydrogen-bond acceptors (Lipinski definition) is 4. The average molecular weight is 344 g/mol. The number of aliphatic hydroxyl groups excluding tert-OH is 1. The summed E-state index contributed by atoms with van der Waals surface area (Å²) in [5.41, 5.74) is 6.23. The molecule has 1 aromatic rings. The Hall–Kier alpha value is -1.18. The topological polar surface area (TPSA) is 64.7 Å². The van der Waals surface area contributed by atoms with E-state index in [0.29, 0.717) is 12.2 Å². The normalized spacial score (nSPS) is 15.5. The van der Waals surface area contributed by atoms with Crippen molar-refractivity contribution in [2.75, 3.05) is 7.11 Å². The molecule has 0 fully saturated rings. The number of halogens is 4. The Morgan fingerprint density at radius 3 is 2.36 bits per heavy atom. The van der Waals surface area contributed by atoms with Crippen molar-refractivity contribution in [2.45, 2.75) is 38.8 Å². The molecule has 1 aromatic carbocycles. The van der Waals surface area contributed by atoms with Crippen LogP contribution in [0.15, 0.2) is 18.2 Å². The first-order chi connectivity index (χ1) is 9.69. The highest BCUT2D eigenvalue weighted by Gasteiger charge is 2.32. The van der Waals surface area contributed by atoms with E-state index in [-0.39, 0.29) is 23.9 Å². The van der Waals surface area contributed by atoms with Gasteiger partial charge in [-0.05, 0) is 24.1 Å². The fourth-order valence-electron chi connectivity index (χ4n) is 1.95. The van der Waals surface area contributed by atoms with Crippen LogP contribution in [0.3, 0.4) is 0 Å². The number of ether oxygens (including phenoxy) is 2. The van der Waals surface area contributed by atoms with Crippen molar-refractivity contribution in [3.63, 3.8) is 0 Å². The Balaban J connectivity index is 0.00000441. The van der Waals surface area contributed by atoms with Crippen LogP contribution in [-0.4, -0.2) is 24.7 Å². The molecule has 1 unspecified atom stereocenters. The number of alkyl halides is 3. The van der Waals surface area contributed by atoms with Crippen molar-refractivity contribution in [1.29, 1.82) is 0 Å². The van der Waals surface area contributed by atoms with E-state index in [1.807, 2.05) is 13.8 Å². The van der Waals surface area contributed by atoms with Gasteiger partial charge < -0.3 is 20.3 Å². The Labute approximate surface area is 133 Å². The lowest BCUT2D eigenvalue weighted by Crippen LogP contribution is -2.32. The molecule has 4 nitrogen and oxygen atoms in total. The molecule has 0 aromatic heterocycles. The highest BCUT2D eigenvalue weighted by molar-refractivity contribution is 5.85. The van der Waals surface area contributed by atoms with Gasteiger partial charge in [0.15, 0.2) is 0 Å². The van der Waals surface area contributed by atoms with Gasteiger partial charge in [-0.15, -0.1) is 25.6 Å². The standard InChI is InChI=1S/C14H20F3NO3.ClH/c1-4-8(2)13(19)12(18)10-7-9(21-14(15,16)17)5-6-11(10)20-3;/h5-8,12-13,19H,4,18H2,1-3H3;1H/t8?,12-,13+;/m1./s1. The quantitative estimate of drug-likeness (QED) is 0.830. The second-order valence-electron chi connectivity index (χ2n) is 4.85. The van der Waals surface area contributed by atoms with E-state index in [0.717, 1.165) is 12.1 Å². The van der Waals surface area contributed by atoms with Gasteiger partial charge in [-0.25, -0.2) is 0 Å². The lowest BCUT2D eigenvalue weighted by atomic mass is 9.91. The van der Waals surface area contributed by atoms with Crippen molar-refractivity contribution < 1.29 is 27.8 Å². The van der Waals surface area contributed by atoms with Crippen LogP contribution in [0.25, 0.3) is 0 Å². The largest absolute Gasteiger partial charge is 0.573 e. The van der Waals surface area contributed by atoms with Gasteiger partial charge in [-0.3, -0.25) is 0 Å². The molecular weight excluding hydrogens is 323 g/mol. The van der Waals surface area contributed by atoms with Gasteiger partial charge in [0.05, 0.1) is 19.3 Å². The molecule has 0 amide bonds. The molecule has 0 aliphatic rings. The van der Waals surface area contributed by atoms with Crippen LogP contribution >= 0.6 is 12.4 Å². The van der Waals surface area contributed by atoms with Gasteiger partial charge in [0.1, 0.15) is 11.5 Å². The van der Waals surface area contributed by atoms with Gasteiger partial charge in [0, 0.05) is 5.56 Å². The van der Waals surface area contributed by atoms with Crippen molar-refractivity contribution in [2.24, 2.45) is 11.7 Å². The molecule has 0 spiro atoms. The van der Waals surface area contributed by atoms with Crippen molar-refractivity contribution >= 4 is 12.4 Å². The molecule has 3 atom stereocenters. The highest BCUT2D eigenvalue weighted by Crippen LogP contribution is 2.34. The van der Waals surface area contributed by atoms with E-state index < -0.39 is 24.3 Å². The number of nitrogens with two attached hydrogens (primary N) is 1. The zero-order valence-electron chi connectivity index (χ0n) is 12.6. The first-order valence-corrected chi connectivity index (χ1v) is 6.57. The first kappa shape index (κ1) is 20.8. The summed E-state index contributed by atoms with van der Waals surface area (Å²) >= 11 is 0. The predicted molar refractivity (Wildman–Crippen MR) is 79.3 cm³/mol. The minimum Gasteiger partial charge on any atom is -0.496 e. The zero-order chi connectivity index (χ0) is 16.2. The minimum atomic E-state index is -4.79. The second kappa shape index (κ2) is 8.45. The maximum Gasteiger partial charge on any atom is 0.573 e. The first-order valence-electron chi connectivity index (χ1n) is 6.57. The van der Waals surface area contributed by atoms with Crippen LogP contribution in [-0.2, 0) is 0 Å². The van der Waals surface area contributed by atoms with Crippen LogP contribution in [0.4, 0.5) is 13.2 Å². The summed E-state index contributed by atoms with van der Waals surface area (Å²) in [6, 6.07) is 2.74. The molecule has 0 aliphatic heterocycles. The summed E-state index contributed by atoms with van der Waals surface area (Å²) in [7, 11) is 1.38. The van der Waals surface area contributed by atoms with Gasteiger partial charge in [-0.1, -0.05) is 20.3 Å². The van der Waals surface area contributed by atoms with Gasteiger partial charge in [0.25, 0.3) is 0 Å². The summed E-state index contributed by atoms with van der Waals surface area (Å²) in [4.78, 5) is 0. The molecule has 128 valence electrons. The van der Waals surface area contributed by atoms with E-state index in [1.165, 1.54) is 13.2 Å². The summed E-state index contributed by atoms with van der Waals surface area (Å²) in [6.45, 7) is 3.70. The summed E-state index contributed by atoms with van der Waals surface area (Å²) < 4.78 is 45.7. The van der Waals surface area contributed by atoms with E-state index in [1.54, 1.807) is 0 Å². The van der Waals surface area contributed by atoms with Crippen LogP contribution in [0.5, 0.6) is 11.5 Å². The maximum absolute atomic E-state index is 12.3. The monoisotopic (exact) mass is 343 g/mol. The highest BCUT2D eigenvalue weighted by atomic mass is 35.5. The number of benzene rings is 1.